The molecule has 1 unspecified atom stereocenters. The second-order valence-corrected chi connectivity index (χ2v) is 5.51. The molecule has 0 radical (unpaired) electrons. The Bertz CT molecular complexity index is 840. The largest absolute Gasteiger partial charge is 0.493 e. The monoisotopic (exact) mass is 364 g/mol. The van der Waals surface area contributed by atoms with Gasteiger partial charge in [-0.3, -0.25) is 0 Å². The van der Waals surface area contributed by atoms with Crippen molar-refractivity contribution >= 4 is 5.97 Å². The summed E-state index contributed by atoms with van der Waals surface area (Å²) in [7, 11) is 3.81. The molecule has 0 saturated carbocycles. The second-order valence-electron chi connectivity index (χ2n) is 5.51. The van der Waals surface area contributed by atoms with Crippen LogP contribution in [0, 0.1) is 23.0 Å². The van der Waals surface area contributed by atoms with Crippen molar-refractivity contribution in [1.82, 2.24) is 5.32 Å². The van der Waals surface area contributed by atoms with Crippen molar-refractivity contribution in [2.24, 2.45) is 0 Å². The van der Waals surface area contributed by atoms with E-state index in [1.54, 1.807) is 6.92 Å². The zero-order valence-electron chi connectivity index (χ0n) is 14.8. The molecular weight excluding hydrogens is 346 g/mol. The summed E-state index contributed by atoms with van der Waals surface area (Å²) in [5.74, 6) is -4.39. The molecule has 0 amide bonds. The molecule has 1 heterocycles. The van der Waals surface area contributed by atoms with Gasteiger partial charge in [0.1, 0.15) is 0 Å². The third-order valence-electron chi connectivity index (χ3n) is 4.05. The number of nitrogens with zero attached hydrogens (tertiary/aromatic N) is 1. The van der Waals surface area contributed by atoms with E-state index in [1.807, 2.05) is 6.07 Å². The van der Waals surface area contributed by atoms with Crippen LogP contribution in [0.1, 0.15) is 18.4 Å². The predicted octanol–water partition coefficient (Wildman–Crippen LogP) is 2.53. The first-order chi connectivity index (χ1) is 12.4. The Labute approximate surface area is 149 Å². The molecule has 0 fully saturated rings. The highest BCUT2D eigenvalue weighted by Gasteiger charge is 2.37. The third-order valence-corrected chi connectivity index (χ3v) is 4.05. The van der Waals surface area contributed by atoms with Gasteiger partial charge in [0.05, 0.1) is 49.7 Å². The number of esters is 1. The van der Waals surface area contributed by atoms with E-state index in [4.69, 9.17) is 14.2 Å². The first-order valence-electron chi connectivity index (χ1n) is 7.61. The zero-order chi connectivity index (χ0) is 19.4. The first kappa shape index (κ1) is 19.4. The van der Waals surface area contributed by atoms with Crippen LogP contribution in [0.15, 0.2) is 34.7 Å². The minimum Gasteiger partial charge on any atom is -0.493 e. The van der Waals surface area contributed by atoms with Gasteiger partial charge >= 0.3 is 5.97 Å². The van der Waals surface area contributed by atoms with Gasteiger partial charge in [-0.1, -0.05) is 6.07 Å². The molecule has 0 spiro atoms. The van der Waals surface area contributed by atoms with Gasteiger partial charge in [-0.05, 0) is 13.0 Å². The molecule has 0 aromatic heterocycles. The van der Waals surface area contributed by atoms with Crippen LogP contribution in [0.4, 0.5) is 8.78 Å². The molecule has 1 atom stereocenters. The average Bonchev–Trinajstić information content (AvgIpc) is 2.63. The molecule has 6 nitrogen and oxygen atoms in total. The fraction of sp³-hybridized carbons (Fsp3) is 0.333. The Kier molecular flexibility index (Phi) is 5.95. The van der Waals surface area contributed by atoms with E-state index in [-0.39, 0.29) is 29.1 Å². The number of nitriles is 1. The van der Waals surface area contributed by atoms with Gasteiger partial charge in [0, 0.05) is 18.4 Å². The highest BCUT2D eigenvalue weighted by molar-refractivity contribution is 5.93. The minimum atomic E-state index is -1.20. The van der Waals surface area contributed by atoms with Crippen molar-refractivity contribution in [3.63, 3.8) is 0 Å². The molecule has 0 saturated heterocycles. The Balaban J connectivity index is 2.82. The molecule has 0 aliphatic carbocycles. The summed E-state index contributed by atoms with van der Waals surface area (Å²) in [4.78, 5) is 12.4. The third kappa shape index (κ3) is 3.26. The van der Waals surface area contributed by atoms with Crippen molar-refractivity contribution in [1.29, 1.82) is 5.26 Å². The number of benzene rings is 1. The Morgan fingerprint density at radius 3 is 2.54 bits per heavy atom. The van der Waals surface area contributed by atoms with Crippen LogP contribution in [-0.4, -0.2) is 33.9 Å². The summed E-state index contributed by atoms with van der Waals surface area (Å²) in [6, 6.07) is 4.23. The van der Waals surface area contributed by atoms with Crippen LogP contribution in [0.2, 0.25) is 0 Å². The number of hydrogen-bond acceptors (Lipinski definition) is 6. The van der Waals surface area contributed by atoms with E-state index >= 15 is 0 Å². The van der Waals surface area contributed by atoms with E-state index in [0.717, 1.165) is 6.07 Å². The van der Waals surface area contributed by atoms with Gasteiger partial charge in [-0.2, -0.15) is 9.65 Å². The van der Waals surface area contributed by atoms with Crippen molar-refractivity contribution in [3.8, 4) is 11.8 Å². The molecular formula is C18H18F2N2O4. The molecule has 1 aliphatic rings. The summed E-state index contributed by atoms with van der Waals surface area (Å²) < 4.78 is 42.8. The summed E-state index contributed by atoms with van der Waals surface area (Å²) in [5.41, 5.74) is 1.20. The van der Waals surface area contributed by atoms with Crippen LogP contribution in [-0.2, 0) is 14.3 Å². The maximum atomic E-state index is 14.2. The molecule has 26 heavy (non-hydrogen) atoms. The van der Waals surface area contributed by atoms with Gasteiger partial charge in [-0.15, -0.1) is 0 Å². The Hall–Kier alpha value is -2.92. The van der Waals surface area contributed by atoms with Gasteiger partial charge in [0.15, 0.2) is 11.6 Å². The van der Waals surface area contributed by atoms with Gasteiger partial charge in [0.25, 0.3) is 0 Å². The molecule has 0 bridgehead atoms. The van der Waals surface area contributed by atoms with Crippen LogP contribution < -0.4 is 10.1 Å². The maximum absolute atomic E-state index is 14.2. The zero-order valence-corrected chi connectivity index (χ0v) is 14.8. The number of halogens is 2. The normalized spacial score (nSPS) is 16.9. The summed E-state index contributed by atoms with van der Waals surface area (Å²) >= 11 is 0. The van der Waals surface area contributed by atoms with Crippen molar-refractivity contribution in [3.05, 3.63) is 51.9 Å². The maximum Gasteiger partial charge on any atom is 0.336 e. The Morgan fingerprint density at radius 1 is 1.31 bits per heavy atom. The molecule has 1 aliphatic heterocycles. The van der Waals surface area contributed by atoms with E-state index < -0.39 is 23.5 Å². The lowest BCUT2D eigenvalue weighted by molar-refractivity contribution is -0.136. The minimum absolute atomic E-state index is 0.0307. The summed E-state index contributed by atoms with van der Waals surface area (Å²) in [6.45, 7) is 1.67. The van der Waals surface area contributed by atoms with Gasteiger partial charge in [0.2, 0.25) is 5.82 Å². The number of carbonyl (C=O) groups excluding carboxylic acids is 1. The number of hydrogen-bond donors (Lipinski definition) is 1. The number of dihydropyridines is 1. The molecule has 138 valence electrons. The standard InChI is InChI=1S/C18H18F2N2O4/c1-9-11(7-21)14(10-5-6-12(19)16(20)17(10)25-3)15(18(23)26-4)13(22-9)8-24-2/h5-6,14,22H,8H2,1-4H3. The van der Waals surface area contributed by atoms with Gasteiger partial charge < -0.3 is 19.5 Å². The van der Waals surface area contributed by atoms with E-state index in [2.05, 4.69) is 5.32 Å². The number of rotatable bonds is 5. The van der Waals surface area contributed by atoms with E-state index in [1.165, 1.54) is 27.4 Å². The topological polar surface area (TPSA) is 80.6 Å². The first-order valence-corrected chi connectivity index (χ1v) is 7.61. The summed E-state index contributed by atoms with van der Waals surface area (Å²) in [5, 5.41) is 12.6. The number of ether oxygens (including phenoxy) is 3. The lowest BCUT2D eigenvalue weighted by Gasteiger charge is -2.30. The highest BCUT2D eigenvalue weighted by Crippen LogP contribution is 2.43. The van der Waals surface area contributed by atoms with E-state index in [0.29, 0.717) is 11.4 Å². The van der Waals surface area contributed by atoms with Crippen LogP contribution >= 0.6 is 0 Å². The van der Waals surface area contributed by atoms with Crippen LogP contribution in [0.5, 0.6) is 5.75 Å². The van der Waals surface area contributed by atoms with Crippen molar-refractivity contribution < 1.29 is 27.8 Å². The SMILES string of the molecule is COCC1=C(C(=O)OC)C(c2ccc(F)c(F)c2OC)C(C#N)=C(C)N1. The van der Waals surface area contributed by atoms with Crippen molar-refractivity contribution in [2.75, 3.05) is 27.9 Å². The second kappa shape index (κ2) is 7.97. The van der Waals surface area contributed by atoms with Crippen LogP contribution in [0.25, 0.3) is 0 Å². The van der Waals surface area contributed by atoms with Crippen LogP contribution in [0.3, 0.4) is 0 Å². The predicted molar refractivity (Wildman–Crippen MR) is 88.0 cm³/mol. The Morgan fingerprint density at radius 2 is 2.00 bits per heavy atom. The average molecular weight is 364 g/mol. The number of allylic oxidation sites excluding steroid dienone is 2. The number of nitrogens with one attached hydrogen (secondary N) is 1. The lowest BCUT2D eigenvalue weighted by atomic mass is 9.80. The number of carbonyl (C=O) groups is 1. The quantitative estimate of drug-likeness (QED) is 0.809. The fourth-order valence-corrected chi connectivity index (χ4v) is 2.95. The molecule has 1 aromatic rings. The molecule has 1 aromatic carbocycles. The smallest absolute Gasteiger partial charge is 0.336 e. The number of methoxy groups -OCH3 is 3. The summed E-state index contributed by atoms with van der Waals surface area (Å²) in [6.07, 6.45) is 0. The molecule has 1 N–H and O–H groups in total. The highest BCUT2D eigenvalue weighted by atomic mass is 19.2. The van der Waals surface area contributed by atoms with Gasteiger partial charge in [-0.25, -0.2) is 9.18 Å². The van der Waals surface area contributed by atoms with Crippen molar-refractivity contribution in [2.45, 2.75) is 12.8 Å². The fourth-order valence-electron chi connectivity index (χ4n) is 2.95. The molecule has 2 rings (SSSR count). The van der Waals surface area contributed by atoms with E-state index in [9.17, 15) is 18.8 Å². The lowest BCUT2D eigenvalue weighted by Crippen LogP contribution is -2.31. The molecule has 8 heteroatoms.